The number of nitro benzene ring substituents is 2. The SMILES string of the molecule is CCC(C)c1cc[c]c(-c2ccc([N+](=O)[O-])cc2[N+](=O)[O-])c1. The van der Waals surface area contributed by atoms with Gasteiger partial charge in [0.25, 0.3) is 11.4 Å². The summed E-state index contributed by atoms with van der Waals surface area (Å²) in [6, 6.07) is 12.1. The van der Waals surface area contributed by atoms with Crippen molar-refractivity contribution < 1.29 is 9.85 Å². The molecular formula is C16H15N2O4. The summed E-state index contributed by atoms with van der Waals surface area (Å²) in [6.45, 7) is 4.14. The smallest absolute Gasteiger partial charge is 0.258 e. The summed E-state index contributed by atoms with van der Waals surface area (Å²) < 4.78 is 0. The fourth-order valence-corrected chi connectivity index (χ4v) is 2.19. The van der Waals surface area contributed by atoms with E-state index >= 15 is 0 Å². The minimum absolute atomic E-state index is 0.285. The van der Waals surface area contributed by atoms with Crippen molar-refractivity contribution in [3.63, 3.8) is 0 Å². The Labute approximate surface area is 127 Å². The van der Waals surface area contributed by atoms with Gasteiger partial charge in [-0.2, -0.15) is 0 Å². The summed E-state index contributed by atoms with van der Waals surface area (Å²) in [5.74, 6) is 0.324. The minimum Gasteiger partial charge on any atom is -0.258 e. The van der Waals surface area contributed by atoms with E-state index in [1.165, 1.54) is 12.1 Å². The molecule has 0 saturated heterocycles. The number of rotatable bonds is 5. The largest absolute Gasteiger partial charge is 0.284 e. The van der Waals surface area contributed by atoms with E-state index in [1.807, 2.05) is 12.1 Å². The zero-order chi connectivity index (χ0) is 16.3. The number of hydrogen-bond acceptors (Lipinski definition) is 4. The fourth-order valence-electron chi connectivity index (χ4n) is 2.19. The lowest BCUT2D eigenvalue weighted by Gasteiger charge is -2.10. The molecule has 113 valence electrons. The number of hydrogen-bond donors (Lipinski definition) is 0. The summed E-state index contributed by atoms with van der Waals surface area (Å²) in [7, 11) is 0. The van der Waals surface area contributed by atoms with Crippen LogP contribution in [0.4, 0.5) is 11.4 Å². The maximum absolute atomic E-state index is 11.2. The van der Waals surface area contributed by atoms with Gasteiger partial charge in [-0.15, -0.1) is 0 Å². The van der Waals surface area contributed by atoms with Crippen molar-refractivity contribution in [2.75, 3.05) is 0 Å². The van der Waals surface area contributed by atoms with Crippen molar-refractivity contribution in [2.45, 2.75) is 26.2 Å². The molecule has 6 heteroatoms. The van der Waals surface area contributed by atoms with E-state index in [9.17, 15) is 20.2 Å². The maximum atomic E-state index is 11.2. The van der Waals surface area contributed by atoms with Gasteiger partial charge in [0.2, 0.25) is 0 Å². The van der Waals surface area contributed by atoms with E-state index in [0.717, 1.165) is 18.1 Å². The molecular weight excluding hydrogens is 284 g/mol. The Morgan fingerprint density at radius 3 is 2.45 bits per heavy atom. The van der Waals surface area contributed by atoms with Crippen molar-refractivity contribution in [1.29, 1.82) is 0 Å². The minimum atomic E-state index is -0.643. The first kappa shape index (κ1) is 15.6. The number of benzene rings is 2. The van der Waals surface area contributed by atoms with Crippen LogP contribution in [0.1, 0.15) is 31.7 Å². The molecule has 0 fully saturated rings. The zero-order valence-corrected chi connectivity index (χ0v) is 12.3. The van der Waals surface area contributed by atoms with Gasteiger partial charge in [0, 0.05) is 6.07 Å². The topological polar surface area (TPSA) is 86.3 Å². The van der Waals surface area contributed by atoms with Gasteiger partial charge >= 0.3 is 0 Å². The van der Waals surface area contributed by atoms with Crippen molar-refractivity contribution in [3.8, 4) is 11.1 Å². The normalized spacial score (nSPS) is 11.9. The van der Waals surface area contributed by atoms with E-state index in [1.54, 1.807) is 6.07 Å². The van der Waals surface area contributed by atoms with Crippen LogP contribution >= 0.6 is 0 Å². The van der Waals surface area contributed by atoms with Gasteiger partial charge in [-0.05, 0) is 35.6 Å². The van der Waals surface area contributed by atoms with E-state index < -0.39 is 9.85 Å². The quantitative estimate of drug-likeness (QED) is 0.601. The highest BCUT2D eigenvalue weighted by Crippen LogP contribution is 2.34. The molecule has 1 unspecified atom stereocenters. The van der Waals surface area contributed by atoms with Crippen LogP contribution < -0.4 is 0 Å². The van der Waals surface area contributed by atoms with Crippen LogP contribution in [-0.4, -0.2) is 9.85 Å². The first-order chi connectivity index (χ1) is 10.4. The fraction of sp³-hybridized carbons (Fsp3) is 0.250. The molecule has 0 amide bonds. The van der Waals surface area contributed by atoms with Gasteiger partial charge in [-0.25, -0.2) is 0 Å². The van der Waals surface area contributed by atoms with Crippen molar-refractivity contribution in [1.82, 2.24) is 0 Å². The second-order valence-electron chi connectivity index (χ2n) is 5.06. The highest BCUT2D eigenvalue weighted by molar-refractivity contribution is 5.75. The summed E-state index contributed by atoms with van der Waals surface area (Å²) in [5.41, 5.74) is 1.38. The van der Waals surface area contributed by atoms with Gasteiger partial charge in [0.15, 0.2) is 0 Å². The Hall–Kier alpha value is -2.76. The first-order valence-corrected chi connectivity index (χ1v) is 6.88. The number of non-ortho nitro benzene ring substituents is 1. The second-order valence-corrected chi connectivity index (χ2v) is 5.06. The van der Waals surface area contributed by atoms with Gasteiger partial charge in [-0.3, -0.25) is 20.2 Å². The molecule has 1 atom stereocenters. The van der Waals surface area contributed by atoms with Crippen molar-refractivity contribution in [2.24, 2.45) is 0 Å². The summed E-state index contributed by atoms with van der Waals surface area (Å²) in [5, 5.41) is 22.0. The highest BCUT2D eigenvalue weighted by Gasteiger charge is 2.21. The lowest BCUT2D eigenvalue weighted by Crippen LogP contribution is -1.96. The predicted molar refractivity (Wildman–Crippen MR) is 82.7 cm³/mol. The zero-order valence-electron chi connectivity index (χ0n) is 12.3. The average Bonchev–Trinajstić information content (AvgIpc) is 2.53. The molecule has 1 radical (unpaired) electrons. The van der Waals surface area contributed by atoms with Crippen LogP contribution in [0.2, 0.25) is 0 Å². The van der Waals surface area contributed by atoms with Crippen LogP contribution in [0.25, 0.3) is 11.1 Å². The van der Waals surface area contributed by atoms with Gasteiger partial charge in [0.05, 0.1) is 21.5 Å². The third-order valence-electron chi connectivity index (χ3n) is 3.69. The van der Waals surface area contributed by atoms with Crippen LogP contribution in [0.5, 0.6) is 0 Å². The first-order valence-electron chi connectivity index (χ1n) is 6.88. The molecule has 0 spiro atoms. The Bertz CT molecular complexity index is 728. The predicted octanol–water partition coefficient (Wildman–Crippen LogP) is 4.48. The second kappa shape index (κ2) is 6.34. The number of nitro groups is 2. The molecule has 0 aromatic heterocycles. The van der Waals surface area contributed by atoms with Gasteiger partial charge < -0.3 is 0 Å². The van der Waals surface area contributed by atoms with Gasteiger partial charge in [-0.1, -0.05) is 32.0 Å². The molecule has 0 bridgehead atoms. The van der Waals surface area contributed by atoms with E-state index in [2.05, 4.69) is 19.9 Å². The molecule has 2 rings (SSSR count). The molecule has 2 aromatic carbocycles. The maximum Gasteiger partial charge on any atom is 0.284 e. The monoisotopic (exact) mass is 299 g/mol. The van der Waals surface area contributed by atoms with E-state index in [0.29, 0.717) is 17.0 Å². The van der Waals surface area contributed by atoms with Gasteiger partial charge in [0.1, 0.15) is 0 Å². The summed E-state index contributed by atoms with van der Waals surface area (Å²) >= 11 is 0. The van der Waals surface area contributed by atoms with E-state index in [4.69, 9.17) is 0 Å². The third-order valence-corrected chi connectivity index (χ3v) is 3.69. The Balaban J connectivity index is 2.57. The Morgan fingerprint density at radius 1 is 1.14 bits per heavy atom. The standard InChI is InChI=1S/C16H15N2O4/c1-3-11(2)12-5-4-6-13(9-12)15-8-7-14(17(19)20)10-16(15)18(21)22/h4-5,7-11H,3H2,1-2H3. The van der Waals surface area contributed by atoms with Crippen molar-refractivity contribution in [3.05, 3.63) is 68.3 Å². The molecule has 0 aliphatic carbocycles. The molecule has 6 nitrogen and oxygen atoms in total. The van der Waals surface area contributed by atoms with Crippen molar-refractivity contribution >= 4 is 11.4 Å². The van der Waals surface area contributed by atoms with E-state index in [-0.39, 0.29) is 11.4 Å². The van der Waals surface area contributed by atoms with Crippen LogP contribution in [0.3, 0.4) is 0 Å². The average molecular weight is 299 g/mol. The summed E-state index contributed by atoms with van der Waals surface area (Å²) in [4.78, 5) is 20.7. The molecule has 0 aliphatic heterocycles. The lowest BCUT2D eigenvalue weighted by molar-refractivity contribution is -0.393. The Morgan fingerprint density at radius 2 is 1.86 bits per heavy atom. The van der Waals surface area contributed by atoms with Crippen LogP contribution in [0, 0.1) is 26.3 Å². The molecule has 0 N–H and O–H groups in total. The molecule has 22 heavy (non-hydrogen) atoms. The lowest BCUT2D eigenvalue weighted by atomic mass is 9.94. The molecule has 2 aromatic rings. The Kier molecular flexibility index (Phi) is 4.50. The summed E-state index contributed by atoms with van der Waals surface area (Å²) in [6.07, 6.45) is 0.950. The third kappa shape index (κ3) is 3.11. The number of nitrogens with zero attached hydrogens (tertiary/aromatic N) is 2. The highest BCUT2D eigenvalue weighted by atomic mass is 16.6. The van der Waals surface area contributed by atoms with Crippen LogP contribution in [-0.2, 0) is 0 Å². The molecule has 0 aliphatic rings. The van der Waals surface area contributed by atoms with Crippen LogP contribution in [0.15, 0.2) is 36.4 Å². The molecule has 0 saturated carbocycles. The molecule has 0 heterocycles.